The van der Waals surface area contributed by atoms with E-state index in [2.05, 4.69) is 33.6 Å². The van der Waals surface area contributed by atoms with Gasteiger partial charge in [0.25, 0.3) is 0 Å². The molecule has 3 amide bonds. The van der Waals surface area contributed by atoms with Crippen molar-refractivity contribution in [3.05, 3.63) is 71.9 Å². The number of hydrogen-bond acceptors (Lipinski definition) is 6. The fourth-order valence-electron chi connectivity index (χ4n) is 3.82. The summed E-state index contributed by atoms with van der Waals surface area (Å²) in [7, 11) is 0. The van der Waals surface area contributed by atoms with E-state index in [0.717, 1.165) is 22.0 Å². The summed E-state index contributed by atoms with van der Waals surface area (Å²) in [4.78, 5) is 53.3. The molecule has 7 N–H and O–H groups in total. The van der Waals surface area contributed by atoms with Crippen LogP contribution in [0.3, 0.4) is 0 Å². The predicted molar refractivity (Wildman–Crippen MR) is 143 cm³/mol. The van der Waals surface area contributed by atoms with Gasteiger partial charge >= 0.3 is 5.97 Å². The standard InChI is InChI=1S/C26H31N5O5S/c1-15(29-24(33)19(27)14-37)23(32)30-21(11-16-7-3-2-4-8-16)25(34)31-22(26(35)36)12-17-13-28-20-10-6-5-9-18(17)20/h2-10,13,15,19,21-22,28,37H,11-12,14,27H2,1H3,(H,29,33)(H,30,32)(H,31,34)(H,35,36). The van der Waals surface area contributed by atoms with Gasteiger partial charge in [0.1, 0.15) is 18.1 Å². The molecule has 0 aliphatic carbocycles. The van der Waals surface area contributed by atoms with E-state index in [1.165, 1.54) is 6.92 Å². The fraction of sp³-hybridized carbons (Fsp3) is 0.308. The van der Waals surface area contributed by atoms with Gasteiger partial charge in [0.05, 0.1) is 6.04 Å². The van der Waals surface area contributed by atoms with Crippen molar-refractivity contribution in [3.63, 3.8) is 0 Å². The van der Waals surface area contributed by atoms with Crippen LogP contribution in [0.25, 0.3) is 10.9 Å². The molecule has 0 bridgehead atoms. The number of aromatic amines is 1. The number of carbonyl (C=O) groups excluding carboxylic acids is 3. The molecule has 11 heteroatoms. The van der Waals surface area contributed by atoms with Gasteiger partial charge in [0.2, 0.25) is 17.7 Å². The number of rotatable bonds is 12. The van der Waals surface area contributed by atoms with Gasteiger partial charge < -0.3 is 31.8 Å². The first kappa shape index (κ1) is 27.8. The molecule has 0 saturated heterocycles. The van der Waals surface area contributed by atoms with Crippen molar-refractivity contribution in [2.75, 3.05) is 5.75 Å². The van der Waals surface area contributed by atoms with Crippen molar-refractivity contribution < 1.29 is 24.3 Å². The Morgan fingerprint density at radius 2 is 1.54 bits per heavy atom. The largest absolute Gasteiger partial charge is 0.480 e. The number of carbonyl (C=O) groups is 4. The number of aromatic nitrogens is 1. The van der Waals surface area contributed by atoms with Gasteiger partial charge in [-0.05, 0) is 24.1 Å². The average Bonchev–Trinajstić information content (AvgIpc) is 3.30. The highest BCUT2D eigenvalue weighted by molar-refractivity contribution is 7.80. The molecule has 0 radical (unpaired) electrons. The number of aliphatic carboxylic acids is 1. The first-order valence-electron chi connectivity index (χ1n) is 11.8. The molecular weight excluding hydrogens is 494 g/mol. The van der Waals surface area contributed by atoms with Gasteiger partial charge in [-0.25, -0.2) is 4.79 Å². The molecule has 10 nitrogen and oxygen atoms in total. The molecule has 37 heavy (non-hydrogen) atoms. The van der Waals surface area contributed by atoms with Crippen LogP contribution >= 0.6 is 12.6 Å². The van der Waals surface area contributed by atoms with Crippen molar-refractivity contribution in [3.8, 4) is 0 Å². The van der Waals surface area contributed by atoms with E-state index in [-0.39, 0.29) is 18.6 Å². The van der Waals surface area contributed by atoms with Crippen molar-refractivity contribution in [2.45, 2.75) is 43.9 Å². The second-order valence-corrected chi connectivity index (χ2v) is 9.10. The van der Waals surface area contributed by atoms with Gasteiger partial charge in [0, 0.05) is 35.7 Å². The molecule has 3 rings (SSSR count). The number of carboxylic acids is 1. The molecule has 4 atom stereocenters. The van der Waals surface area contributed by atoms with Crippen molar-refractivity contribution in [2.24, 2.45) is 5.73 Å². The van der Waals surface area contributed by atoms with Gasteiger partial charge in [-0.1, -0.05) is 48.5 Å². The number of fused-ring (bicyclic) bond motifs is 1. The second-order valence-electron chi connectivity index (χ2n) is 8.73. The molecule has 0 aliphatic rings. The number of para-hydroxylation sites is 1. The summed E-state index contributed by atoms with van der Waals surface area (Å²) in [6.45, 7) is 1.47. The molecule has 0 saturated carbocycles. The van der Waals surface area contributed by atoms with Gasteiger partial charge in [-0.3, -0.25) is 14.4 Å². The first-order chi connectivity index (χ1) is 17.7. The van der Waals surface area contributed by atoms with Crippen LogP contribution in [0.4, 0.5) is 0 Å². The summed E-state index contributed by atoms with van der Waals surface area (Å²) in [5.41, 5.74) is 8.01. The number of nitrogens with two attached hydrogens (primary N) is 1. The Hall–Kier alpha value is -3.83. The second kappa shape index (κ2) is 12.9. The lowest BCUT2D eigenvalue weighted by Gasteiger charge is -2.24. The number of hydrogen-bond donors (Lipinski definition) is 7. The minimum atomic E-state index is -1.23. The first-order valence-corrected chi connectivity index (χ1v) is 12.4. The number of benzene rings is 2. The maximum Gasteiger partial charge on any atom is 0.326 e. The molecule has 2 aromatic carbocycles. The molecule has 0 fully saturated rings. The highest BCUT2D eigenvalue weighted by Gasteiger charge is 2.29. The monoisotopic (exact) mass is 525 g/mol. The zero-order valence-corrected chi connectivity index (χ0v) is 21.2. The molecule has 1 aromatic heterocycles. The van der Waals surface area contributed by atoms with E-state index >= 15 is 0 Å². The summed E-state index contributed by atoms with van der Waals surface area (Å²) in [5, 5.41) is 18.4. The number of nitrogens with one attached hydrogen (secondary N) is 4. The lowest BCUT2D eigenvalue weighted by atomic mass is 10.0. The van der Waals surface area contributed by atoms with E-state index < -0.39 is 47.9 Å². The third-order valence-electron chi connectivity index (χ3n) is 5.91. The minimum Gasteiger partial charge on any atom is -0.480 e. The van der Waals surface area contributed by atoms with Crippen LogP contribution in [0, 0.1) is 0 Å². The molecule has 196 valence electrons. The van der Waals surface area contributed by atoms with Gasteiger partial charge in [-0.2, -0.15) is 12.6 Å². The lowest BCUT2D eigenvalue weighted by Crippen LogP contribution is -2.57. The van der Waals surface area contributed by atoms with Crippen LogP contribution in [0.15, 0.2) is 60.8 Å². The highest BCUT2D eigenvalue weighted by Crippen LogP contribution is 2.19. The van der Waals surface area contributed by atoms with Gasteiger partial charge in [0.15, 0.2) is 0 Å². The Morgan fingerprint density at radius 1 is 0.892 bits per heavy atom. The van der Waals surface area contributed by atoms with E-state index in [1.54, 1.807) is 30.5 Å². The Morgan fingerprint density at radius 3 is 2.22 bits per heavy atom. The van der Waals surface area contributed by atoms with Crippen LogP contribution in [0.2, 0.25) is 0 Å². The fourth-order valence-corrected chi connectivity index (χ4v) is 3.98. The molecule has 0 spiro atoms. The quantitative estimate of drug-likeness (QED) is 0.173. The molecule has 1 heterocycles. The SMILES string of the molecule is CC(NC(=O)C(N)CS)C(=O)NC(Cc1ccccc1)C(=O)NC(Cc1c[nH]c2ccccc12)C(=O)O. The molecule has 4 unspecified atom stereocenters. The normalized spacial score (nSPS) is 14.2. The highest BCUT2D eigenvalue weighted by atomic mass is 32.1. The zero-order chi connectivity index (χ0) is 26.9. The van der Waals surface area contributed by atoms with Crippen LogP contribution in [-0.2, 0) is 32.0 Å². The van der Waals surface area contributed by atoms with E-state index in [1.807, 2.05) is 30.3 Å². The summed E-state index contributed by atoms with van der Waals surface area (Å²) < 4.78 is 0. The zero-order valence-electron chi connectivity index (χ0n) is 20.3. The summed E-state index contributed by atoms with van der Waals surface area (Å²) in [6.07, 6.45) is 1.88. The maximum atomic E-state index is 13.3. The van der Waals surface area contributed by atoms with E-state index in [9.17, 15) is 24.3 Å². The summed E-state index contributed by atoms with van der Waals surface area (Å²) in [5.74, 6) is -2.92. The third kappa shape index (κ3) is 7.58. The predicted octanol–water partition coefficient (Wildman–Crippen LogP) is 0.769. The van der Waals surface area contributed by atoms with E-state index in [4.69, 9.17) is 5.73 Å². The van der Waals surface area contributed by atoms with Crippen molar-refractivity contribution in [1.82, 2.24) is 20.9 Å². The van der Waals surface area contributed by atoms with Crippen molar-refractivity contribution in [1.29, 1.82) is 0 Å². The lowest BCUT2D eigenvalue weighted by molar-refractivity contribution is -0.142. The maximum absolute atomic E-state index is 13.3. The molecule has 0 aliphatic heterocycles. The van der Waals surface area contributed by atoms with Crippen LogP contribution in [-0.4, -0.2) is 63.7 Å². The van der Waals surface area contributed by atoms with Crippen molar-refractivity contribution >= 4 is 47.2 Å². The number of amides is 3. The Balaban J connectivity index is 1.75. The number of H-pyrrole nitrogens is 1. The Kier molecular flexibility index (Phi) is 9.70. The third-order valence-corrected chi connectivity index (χ3v) is 6.31. The van der Waals surface area contributed by atoms with Crippen LogP contribution in [0.5, 0.6) is 0 Å². The summed E-state index contributed by atoms with van der Waals surface area (Å²) >= 11 is 3.98. The molecule has 3 aromatic rings. The van der Waals surface area contributed by atoms with Crippen LogP contribution in [0.1, 0.15) is 18.1 Å². The Bertz CT molecular complexity index is 1250. The Labute approximate surface area is 219 Å². The summed E-state index contributed by atoms with van der Waals surface area (Å²) in [6, 6.07) is 12.3. The topological polar surface area (TPSA) is 166 Å². The van der Waals surface area contributed by atoms with Gasteiger partial charge in [-0.15, -0.1) is 0 Å². The number of thiol groups is 1. The molecular formula is C26H31N5O5S. The average molecular weight is 526 g/mol. The van der Waals surface area contributed by atoms with E-state index in [0.29, 0.717) is 0 Å². The van der Waals surface area contributed by atoms with Crippen LogP contribution < -0.4 is 21.7 Å². The number of carboxylic acid groups (broad SMARTS) is 1. The smallest absolute Gasteiger partial charge is 0.326 e. The minimum absolute atomic E-state index is 0.0468.